The molecule has 4 atom stereocenters. The number of carbonyl (C=O) groups is 1. The lowest BCUT2D eigenvalue weighted by atomic mass is 9.96. The molecule has 0 spiro atoms. The Kier molecular flexibility index (Phi) is 6.19. The second-order valence-electron chi connectivity index (χ2n) is 8.90. The number of rotatable bonds is 7. The monoisotopic (exact) mass is 438 g/mol. The second-order valence-corrected chi connectivity index (χ2v) is 8.90. The molecule has 5 rings (SSSR count). The van der Waals surface area contributed by atoms with Crippen molar-refractivity contribution >= 4 is 5.91 Å². The number of benzene rings is 2. The number of amides is 1. The molecule has 2 fully saturated rings. The van der Waals surface area contributed by atoms with Gasteiger partial charge >= 0.3 is 0 Å². The molecular weight excluding hydrogens is 408 g/mol. The molecule has 3 heterocycles. The number of carbonyl (C=O) groups excluding carboxylic acids is 1. The molecule has 1 unspecified atom stereocenters. The summed E-state index contributed by atoms with van der Waals surface area (Å²) in [6, 6.07) is 13.4. The number of methoxy groups -OCH3 is 1. The van der Waals surface area contributed by atoms with Crippen molar-refractivity contribution in [3.05, 3.63) is 53.6 Å². The van der Waals surface area contributed by atoms with E-state index in [9.17, 15) is 4.79 Å². The summed E-state index contributed by atoms with van der Waals surface area (Å²) in [5.74, 6) is 2.74. The summed E-state index contributed by atoms with van der Waals surface area (Å²) >= 11 is 0. The van der Waals surface area contributed by atoms with Gasteiger partial charge in [0.05, 0.1) is 20.3 Å². The summed E-state index contributed by atoms with van der Waals surface area (Å²) in [5, 5.41) is 3.20. The van der Waals surface area contributed by atoms with Gasteiger partial charge in [0.2, 0.25) is 0 Å². The molecule has 1 amide bonds. The Balaban J connectivity index is 1.14. The highest BCUT2D eigenvalue weighted by atomic mass is 16.6. The minimum atomic E-state index is -0.221. The zero-order chi connectivity index (χ0) is 21.9. The highest BCUT2D eigenvalue weighted by Gasteiger charge is 2.33. The zero-order valence-corrected chi connectivity index (χ0v) is 18.4. The van der Waals surface area contributed by atoms with E-state index in [0.29, 0.717) is 42.8 Å². The van der Waals surface area contributed by atoms with E-state index in [1.54, 1.807) is 19.2 Å². The van der Waals surface area contributed by atoms with Gasteiger partial charge < -0.3 is 29.2 Å². The van der Waals surface area contributed by atoms with Gasteiger partial charge in [0.25, 0.3) is 5.91 Å². The minimum Gasteiger partial charge on any atom is -0.497 e. The average molecular weight is 439 g/mol. The van der Waals surface area contributed by atoms with Crippen LogP contribution in [0.3, 0.4) is 0 Å². The first-order chi connectivity index (χ1) is 15.7. The maximum atomic E-state index is 12.8. The Morgan fingerprint density at radius 1 is 1.16 bits per heavy atom. The van der Waals surface area contributed by atoms with Crippen molar-refractivity contribution < 1.29 is 23.7 Å². The van der Waals surface area contributed by atoms with Gasteiger partial charge in [-0.05, 0) is 61.2 Å². The van der Waals surface area contributed by atoms with Gasteiger partial charge in [0.15, 0.2) is 17.6 Å². The van der Waals surface area contributed by atoms with Gasteiger partial charge in [0, 0.05) is 24.7 Å². The maximum absolute atomic E-state index is 12.8. The molecule has 7 heteroatoms. The Labute approximate surface area is 188 Å². The summed E-state index contributed by atoms with van der Waals surface area (Å²) in [6.45, 7) is 4.59. The molecule has 170 valence electrons. The van der Waals surface area contributed by atoms with E-state index in [0.717, 1.165) is 30.8 Å². The Morgan fingerprint density at radius 3 is 2.84 bits per heavy atom. The number of hydrogen-bond acceptors (Lipinski definition) is 6. The van der Waals surface area contributed by atoms with E-state index in [1.165, 1.54) is 13.0 Å². The zero-order valence-electron chi connectivity index (χ0n) is 18.4. The van der Waals surface area contributed by atoms with Crippen molar-refractivity contribution in [2.75, 3.05) is 40.0 Å². The van der Waals surface area contributed by atoms with Crippen LogP contribution in [0.25, 0.3) is 0 Å². The minimum absolute atomic E-state index is 0.0539. The van der Waals surface area contributed by atoms with Crippen LogP contribution >= 0.6 is 0 Å². The largest absolute Gasteiger partial charge is 0.497 e. The second kappa shape index (κ2) is 9.38. The van der Waals surface area contributed by atoms with Crippen LogP contribution < -0.4 is 19.5 Å². The standard InChI is InChI=1S/C25H30N2O5/c1-29-21-5-2-17(3-6-21)14-30-15-22-16-31-23-7-4-19(11-24(23)32-22)25(28)26-20-10-18-8-9-27(12-18)13-20/h2-7,11,18,20,22H,8-10,12-16H2,1H3,(H,26,28)/t18-,20+,22-/m0/s1. The lowest BCUT2D eigenvalue weighted by molar-refractivity contribution is 0.00266. The predicted octanol–water partition coefficient (Wildman–Crippen LogP) is 2.88. The highest BCUT2D eigenvalue weighted by Crippen LogP contribution is 2.33. The van der Waals surface area contributed by atoms with E-state index >= 15 is 0 Å². The van der Waals surface area contributed by atoms with Crippen LogP contribution in [0.5, 0.6) is 17.2 Å². The van der Waals surface area contributed by atoms with Crippen LogP contribution in [-0.2, 0) is 11.3 Å². The van der Waals surface area contributed by atoms with Crippen molar-refractivity contribution in [1.29, 1.82) is 0 Å². The van der Waals surface area contributed by atoms with Gasteiger partial charge in [-0.2, -0.15) is 0 Å². The molecule has 1 N–H and O–H groups in total. The molecule has 3 aliphatic rings. The Bertz CT molecular complexity index is 936. The normalized spacial score (nSPS) is 25.9. The van der Waals surface area contributed by atoms with Crippen LogP contribution in [-0.4, -0.2) is 62.9 Å². The first kappa shape index (κ1) is 21.1. The van der Waals surface area contributed by atoms with Crippen molar-refractivity contribution in [3.8, 4) is 17.2 Å². The van der Waals surface area contributed by atoms with E-state index in [4.69, 9.17) is 18.9 Å². The number of piperidine rings is 1. The molecule has 2 aromatic carbocycles. The smallest absolute Gasteiger partial charge is 0.251 e. The molecule has 2 aromatic rings. The predicted molar refractivity (Wildman–Crippen MR) is 119 cm³/mol. The van der Waals surface area contributed by atoms with Crippen molar-refractivity contribution in [2.24, 2.45) is 5.92 Å². The number of fused-ring (bicyclic) bond motifs is 3. The molecule has 2 saturated heterocycles. The third-order valence-electron chi connectivity index (χ3n) is 6.46. The molecule has 2 bridgehead atoms. The molecule has 32 heavy (non-hydrogen) atoms. The molecule has 0 aromatic heterocycles. The van der Waals surface area contributed by atoms with Crippen molar-refractivity contribution in [1.82, 2.24) is 10.2 Å². The van der Waals surface area contributed by atoms with E-state index in [1.807, 2.05) is 30.3 Å². The third kappa shape index (κ3) is 4.84. The fourth-order valence-electron chi connectivity index (χ4n) is 4.80. The lowest BCUT2D eigenvalue weighted by Crippen LogP contribution is -2.47. The van der Waals surface area contributed by atoms with Gasteiger partial charge in [0.1, 0.15) is 12.4 Å². The third-order valence-corrected chi connectivity index (χ3v) is 6.46. The van der Waals surface area contributed by atoms with E-state index in [2.05, 4.69) is 10.2 Å². The van der Waals surface area contributed by atoms with E-state index in [-0.39, 0.29) is 18.1 Å². The van der Waals surface area contributed by atoms with Crippen molar-refractivity contribution in [3.63, 3.8) is 0 Å². The average Bonchev–Trinajstić information content (AvgIpc) is 3.16. The highest BCUT2D eigenvalue weighted by molar-refractivity contribution is 5.95. The molecule has 7 nitrogen and oxygen atoms in total. The Hall–Kier alpha value is -2.77. The van der Waals surface area contributed by atoms with Crippen LogP contribution in [0.4, 0.5) is 0 Å². The van der Waals surface area contributed by atoms with Gasteiger partial charge in [-0.15, -0.1) is 0 Å². The summed E-state index contributed by atoms with van der Waals surface area (Å²) < 4.78 is 22.9. The SMILES string of the molecule is COc1ccc(COC[C@H]2COc3ccc(C(=O)N[C@@H]4C[C@@H]5CCN(C5)C4)cc3O2)cc1. The molecule has 0 aliphatic carbocycles. The number of nitrogens with one attached hydrogen (secondary N) is 1. The molecule has 0 radical (unpaired) electrons. The van der Waals surface area contributed by atoms with Crippen LogP contribution in [0.1, 0.15) is 28.8 Å². The van der Waals surface area contributed by atoms with Crippen LogP contribution in [0, 0.1) is 5.92 Å². The number of nitrogens with zero attached hydrogens (tertiary/aromatic N) is 1. The first-order valence-electron chi connectivity index (χ1n) is 11.3. The molecule has 0 saturated carbocycles. The molecular formula is C25H30N2O5. The molecule has 3 aliphatic heterocycles. The van der Waals surface area contributed by atoms with Crippen LogP contribution in [0.15, 0.2) is 42.5 Å². The summed E-state index contributed by atoms with van der Waals surface area (Å²) in [7, 11) is 1.65. The number of hydrogen-bond donors (Lipinski definition) is 1. The van der Waals surface area contributed by atoms with Gasteiger partial charge in [-0.25, -0.2) is 0 Å². The topological polar surface area (TPSA) is 69.3 Å². The maximum Gasteiger partial charge on any atom is 0.251 e. The lowest BCUT2D eigenvalue weighted by Gasteiger charge is -2.30. The summed E-state index contributed by atoms with van der Waals surface area (Å²) in [5.41, 5.74) is 1.66. The fraction of sp³-hybridized carbons (Fsp3) is 0.480. The first-order valence-corrected chi connectivity index (χ1v) is 11.3. The Morgan fingerprint density at radius 2 is 2.03 bits per heavy atom. The quantitative estimate of drug-likeness (QED) is 0.717. The van der Waals surface area contributed by atoms with Gasteiger partial charge in [-0.1, -0.05) is 12.1 Å². The van der Waals surface area contributed by atoms with E-state index < -0.39 is 0 Å². The van der Waals surface area contributed by atoms with Gasteiger partial charge in [-0.3, -0.25) is 4.79 Å². The number of ether oxygens (including phenoxy) is 4. The van der Waals surface area contributed by atoms with Crippen LogP contribution in [0.2, 0.25) is 0 Å². The summed E-state index contributed by atoms with van der Waals surface area (Å²) in [4.78, 5) is 15.3. The van der Waals surface area contributed by atoms with Crippen molar-refractivity contribution in [2.45, 2.75) is 31.6 Å². The summed E-state index contributed by atoms with van der Waals surface area (Å²) in [6.07, 6.45) is 2.10. The fourth-order valence-corrected chi connectivity index (χ4v) is 4.80.